The molecule has 10 heavy (non-hydrogen) atoms. The van der Waals surface area contributed by atoms with Crippen LogP contribution in [0.5, 0.6) is 0 Å². The van der Waals surface area contributed by atoms with E-state index >= 15 is 0 Å². The molecule has 2 heterocycles. The van der Waals surface area contributed by atoms with Crippen molar-refractivity contribution >= 4 is 36.2 Å². The highest BCUT2D eigenvalue weighted by Gasteiger charge is 1.97. The second-order valence-corrected chi connectivity index (χ2v) is 3.34. The van der Waals surface area contributed by atoms with Crippen molar-refractivity contribution in [1.82, 2.24) is 9.97 Å². The molecular weight excluding hydrogens is 163 g/mol. The van der Waals surface area contributed by atoms with E-state index in [1.807, 2.05) is 11.4 Å². The third-order valence-corrected chi connectivity index (χ3v) is 2.57. The van der Waals surface area contributed by atoms with Gasteiger partial charge in [-0.1, -0.05) is 9.24 Å². The third-order valence-electron chi connectivity index (χ3n) is 1.29. The quantitative estimate of drug-likeness (QED) is 0.552. The van der Waals surface area contributed by atoms with Crippen LogP contribution in [0.25, 0.3) is 10.2 Å². The van der Waals surface area contributed by atoms with Gasteiger partial charge in [-0.3, -0.25) is 0 Å². The van der Waals surface area contributed by atoms with Crippen LogP contribution in [0.2, 0.25) is 0 Å². The largest absolute Gasteiger partial charge is 0.236 e. The van der Waals surface area contributed by atoms with Gasteiger partial charge in [-0.2, -0.15) is 0 Å². The van der Waals surface area contributed by atoms with E-state index in [-0.39, 0.29) is 0 Å². The summed E-state index contributed by atoms with van der Waals surface area (Å²) >= 11 is 1.64. The van der Waals surface area contributed by atoms with E-state index in [1.165, 1.54) is 0 Å². The van der Waals surface area contributed by atoms with Crippen LogP contribution in [-0.4, -0.2) is 9.97 Å². The Morgan fingerprint density at radius 3 is 3.10 bits per heavy atom. The Balaban J connectivity index is 2.95. The second kappa shape index (κ2) is 2.26. The van der Waals surface area contributed by atoms with Crippen LogP contribution in [-0.2, 0) is 0 Å². The van der Waals surface area contributed by atoms with Gasteiger partial charge in [0.25, 0.3) is 0 Å². The Morgan fingerprint density at radius 2 is 2.30 bits per heavy atom. The van der Waals surface area contributed by atoms with Crippen molar-refractivity contribution in [3.8, 4) is 0 Å². The first-order chi connectivity index (χ1) is 4.88. The summed E-state index contributed by atoms with van der Waals surface area (Å²) in [7, 11) is 2.59. The maximum Gasteiger partial charge on any atom is 0.127 e. The predicted molar refractivity (Wildman–Crippen MR) is 46.8 cm³/mol. The first kappa shape index (κ1) is 6.20. The number of aromatic nitrogens is 2. The summed E-state index contributed by atoms with van der Waals surface area (Å²) in [6.07, 6.45) is 1.58. The molecule has 0 fully saturated rings. The average Bonchev–Trinajstić information content (AvgIpc) is 2.36. The van der Waals surface area contributed by atoms with Crippen molar-refractivity contribution in [3.05, 3.63) is 17.8 Å². The van der Waals surface area contributed by atoms with Gasteiger partial charge in [-0.15, -0.1) is 11.3 Å². The second-order valence-electron chi connectivity index (χ2n) is 1.90. The average molecular weight is 168 g/mol. The molecule has 0 aliphatic rings. The molecule has 0 aromatic carbocycles. The monoisotopic (exact) mass is 168 g/mol. The zero-order valence-electron chi connectivity index (χ0n) is 5.11. The summed E-state index contributed by atoms with van der Waals surface area (Å²) in [6, 6.07) is 2.03. The lowest BCUT2D eigenvalue weighted by atomic mass is 10.4. The van der Waals surface area contributed by atoms with Gasteiger partial charge >= 0.3 is 0 Å². The van der Waals surface area contributed by atoms with Crippen LogP contribution in [0.3, 0.4) is 0 Å². The van der Waals surface area contributed by atoms with Gasteiger partial charge in [-0.05, 0) is 11.4 Å². The van der Waals surface area contributed by atoms with E-state index in [1.54, 1.807) is 17.7 Å². The predicted octanol–water partition coefficient (Wildman–Crippen LogP) is 1.19. The zero-order chi connectivity index (χ0) is 6.97. The van der Waals surface area contributed by atoms with Gasteiger partial charge in [-0.25, -0.2) is 9.97 Å². The minimum atomic E-state index is 0.978. The molecule has 2 aromatic heterocycles. The van der Waals surface area contributed by atoms with Crippen LogP contribution in [0.4, 0.5) is 0 Å². The van der Waals surface area contributed by atoms with Crippen LogP contribution in [0.15, 0.2) is 17.8 Å². The summed E-state index contributed by atoms with van der Waals surface area (Å²) in [6.45, 7) is 0. The van der Waals surface area contributed by atoms with Crippen LogP contribution >= 0.6 is 20.6 Å². The molecule has 0 aliphatic heterocycles. The molecule has 1 atom stereocenters. The molecule has 1 unspecified atom stereocenters. The summed E-state index contributed by atoms with van der Waals surface area (Å²) < 4.78 is 0. The summed E-state index contributed by atoms with van der Waals surface area (Å²) in [5, 5.41) is 3.16. The van der Waals surface area contributed by atoms with E-state index in [0.29, 0.717) is 0 Å². The van der Waals surface area contributed by atoms with Crippen molar-refractivity contribution in [2.24, 2.45) is 0 Å². The molecule has 0 N–H and O–H groups in total. The Hall–Kier alpha value is -0.530. The van der Waals surface area contributed by atoms with Crippen molar-refractivity contribution in [2.45, 2.75) is 0 Å². The van der Waals surface area contributed by atoms with Gasteiger partial charge in [0.05, 0.1) is 5.44 Å². The highest BCUT2D eigenvalue weighted by molar-refractivity contribution is 7.28. The molecule has 2 rings (SSSR count). The summed E-state index contributed by atoms with van der Waals surface area (Å²) in [5.74, 6) is 0. The molecule has 4 heteroatoms. The molecule has 0 saturated carbocycles. The maximum atomic E-state index is 4.10. The molecule has 0 aliphatic carbocycles. The molecule has 0 radical (unpaired) electrons. The highest BCUT2D eigenvalue weighted by Crippen LogP contribution is 2.15. The van der Waals surface area contributed by atoms with Gasteiger partial charge in [0.1, 0.15) is 11.2 Å². The van der Waals surface area contributed by atoms with Crippen molar-refractivity contribution < 1.29 is 0 Å². The Bertz CT molecular complexity index is 357. The normalized spacial score (nSPS) is 10.5. The Kier molecular flexibility index (Phi) is 1.40. The number of nitrogens with zero attached hydrogens (tertiary/aromatic N) is 2. The van der Waals surface area contributed by atoms with Crippen LogP contribution in [0.1, 0.15) is 0 Å². The maximum absolute atomic E-state index is 4.10. The molecule has 2 aromatic rings. The van der Waals surface area contributed by atoms with Crippen molar-refractivity contribution in [1.29, 1.82) is 0 Å². The Labute approximate surface area is 64.5 Å². The lowest BCUT2D eigenvalue weighted by molar-refractivity contribution is 1.27. The number of hydrogen-bond acceptors (Lipinski definition) is 3. The fourth-order valence-corrected chi connectivity index (χ4v) is 1.95. The van der Waals surface area contributed by atoms with E-state index in [4.69, 9.17) is 0 Å². The fraction of sp³-hybridized carbons (Fsp3) is 0. The van der Waals surface area contributed by atoms with Gasteiger partial charge in [0.15, 0.2) is 0 Å². The fourth-order valence-electron chi connectivity index (χ4n) is 0.809. The van der Waals surface area contributed by atoms with Gasteiger partial charge < -0.3 is 0 Å². The number of rotatable bonds is 0. The smallest absolute Gasteiger partial charge is 0.127 e. The minimum absolute atomic E-state index is 0.978. The summed E-state index contributed by atoms with van der Waals surface area (Å²) in [5.41, 5.74) is 0.978. The lowest BCUT2D eigenvalue weighted by Crippen LogP contribution is -1.97. The Morgan fingerprint density at radius 1 is 1.40 bits per heavy atom. The molecule has 2 nitrogen and oxygen atoms in total. The minimum Gasteiger partial charge on any atom is -0.236 e. The standard InChI is InChI=1S/C6H5N2PS/c9-5-4-1-2-10-6(4)8-3-7-5/h1-3H,9H2. The van der Waals surface area contributed by atoms with Gasteiger partial charge in [0, 0.05) is 5.39 Å². The van der Waals surface area contributed by atoms with E-state index in [9.17, 15) is 0 Å². The van der Waals surface area contributed by atoms with Crippen LogP contribution < -0.4 is 5.44 Å². The first-order valence-electron chi connectivity index (χ1n) is 2.81. The van der Waals surface area contributed by atoms with Gasteiger partial charge in [0.2, 0.25) is 0 Å². The van der Waals surface area contributed by atoms with Crippen molar-refractivity contribution in [3.63, 3.8) is 0 Å². The van der Waals surface area contributed by atoms with E-state index in [0.717, 1.165) is 15.7 Å². The third kappa shape index (κ3) is 0.825. The molecule has 0 spiro atoms. The molecule has 0 amide bonds. The first-order valence-corrected chi connectivity index (χ1v) is 4.27. The zero-order valence-corrected chi connectivity index (χ0v) is 7.08. The summed E-state index contributed by atoms with van der Waals surface area (Å²) in [4.78, 5) is 9.19. The number of hydrogen-bond donors (Lipinski definition) is 0. The van der Waals surface area contributed by atoms with Crippen molar-refractivity contribution in [2.75, 3.05) is 0 Å². The SMILES string of the molecule is Pc1ncnc2sccc12. The molecule has 50 valence electrons. The van der Waals surface area contributed by atoms with Crippen LogP contribution in [0, 0.1) is 0 Å². The lowest BCUT2D eigenvalue weighted by Gasteiger charge is -1.89. The number of fused-ring (bicyclic) bond motifs is 1. The van der Waals surface area contributed by atoms with E-state index in [2.05, 4.69) is 19.2 Å². The molecular formula is C6H5N2PS. The molecule has 0 saturated heterocycles. The number of thiophene rings is 1. The topological polar surface area (TPSA) is 25.8 Å². The van der Waals surface area contributed by atoms with E-state index < -0.39 is 0 Å². The highest BCUT2D eigenvalue weighted by atomic mass is 32.1. The molecule has 0 bridgehead atoms.